The van der Waals surface area contributed by atoms with Gasteiger partial charge in [-0.3, -0.25) is 4.79 Å². The van der Waals surface area contributed by atoms with Crippen molar-refractivity contribution in [2.45, 2.75) is 29.9 Å². The average molecular weight is 445 g/mol. The smallest absolute Gasteiger partial charge is 0.223 e. The van der Waals surface area contributed by atoms with E-state index in [1.165, 1.54) is 19.1 Å². The van der Waals surface area contributed by atoms with Gasteiger partial charge < -0.3 is 14.8 Å². The Kier molecular flexibility index (Phi) is 5.95. The van der Waals surface area contributed by atoms with Gasteiger partial charge in [-0.1, -0.05) is 12.1 Å². The van der Waals surface area contributed by atoms with Gasteiger partial charge in [0.25, 0.3) is 0 Å². The summed E-state index contributed by atoms with van der Waals surface area (Å²) in [5, 5.41) is -0.889. The van der Waals surface area contributed by atoms with Crippen LogP contribution in [-0.2, 0) is 14.6 Å². The highest BCUT2D eigenvalue weighted by Gasteiger charge is 2.29. The normalized spacial score (nSPS) is 16.3. The van der Waals surface area contributed by atoms with E-state index in [-0.39, 0.29) is 17.2 Å². The largest absolute Gasteiger partial charge is 0.341 e. The van der Waals surface area contributed by atoms with Crippen LogP contribution in [0.3, 0.4) is 0 Å². The number of anilines is 1. The Hall–Kier alpha value is -2.94. The zero-order chi connectivity index (χ0) is 22.0. The van der Waals surface area contributed by atoms with Crippen LogP contribution in [0.2, 0.25) is 0 Å². The molecular weight excluding hydrogens is 419 g/mol. The summed E-state index contributed by atoms with van der Waals surface area (Å²) < 4.78 is 38.6. The molecule has 7 nitrogen and oxygen atoms in total. The number of fused-ring (bicyclic) bond motifs is 1. The second-order valence-corrected chi connectivity index (χ2v) is 10.2. The number of aromatic amines is 1. The Morgan fingerprint density at radius 1 is 1.10 bits per heavy atom. The molecule has 3 aromatic rings. The third-order valence-corrected chi connectivity index (χ3v) is 7.81. The second-order valence-electron chi connectivity index (χ2n) is 7.81. The van der Waals surface area contributed by atoms with Crippen molar-refractivity contribution < 1.29 is 17.6 Å². The maximum atomic E-state index is 13.1. The summed E-state index contributed by atoms with van der Waals surface area (Å²) in [7, 11) is -3.71. The van der Waals surface area contributed by atoms with Gasteiger partial charge in [0.05, 0.1) is 21.2 Å². The van der Waals surface area contributed by atoms with E-state index < -0.39 is 20.9 Å². The predicted molar refractivity (Wildman–Crippen MR) is 117 cm³/mol. The number of para-hydroxylation sites is 2. The topological polar surface area (TPSA) is 86.4 Å². The molecule has 1 atom stereocenters. The van der Waals surface area contributed by atoms with E-state index in [9.17, 15) is 17.6 Å². The van der Waals surface area contributed by atoms with Crippen molar-refractivity contribution in [1.29, 1.82) is 0 Å². The minimum atomic E-state index is -3.71. The lowest BCUT2D eigenvalue weighted by Crippen LogP contribution is -2.37. The van der Waals surface area contributed by atoms with Gasteiger partial charge in [-0.05, 0) is 49.7 Å². The summed E-state index contributed by atoms with van der Waals surface area (Å²) in [6.45, 7) is 3.96. The number of sulfone groups is 1. The minimum Gasteiger partial charge on any atom is -0.341 e. The van der Waals surface area contributed by atoms with Crippen LogP contribution in [0.25, 0.3) is 11.0 Å². The van der Waals surface area contributed by atoms with Gasteiger partial charge in [0.2, 0.25) is 11.9 Å². The SMILES string of the molecule is CC(CC(=O)N1CCCN(c2nc3ccccc3[nH]2)CC1)S(=O)(=O)c1ccc(F)cc1. The zero-order valence-corrected chi connectivity index (χ0v) is 18.1. The molecule has 2 aromatic carbocycles. The number of H-pyrrole nitrogens is 1. The van der Waals surface area contributed by atoms with Crippen molar-refractivity contribution in [3.63, 3.8) is 0 Å². The number of hydrogen-bond acceptors (Lipinski definition) is 5. The minimum absolute atomic E-state index is 0.0288. The van der Waals surface area contributed by atoms with Crippen molar-refractivity contribution in [3.05, 3.63) is 54.3 Å². The first-order chi connectivity index (χ1) is 14.8. The highest BCUT2D eigenvalue weighted by Crippen LogP contribution is 2.21. The number of nitrogens with one attached hydrogen (secondary N) is 1. The van der Waals surface area contributed by atoms with Crippen LogP contribution in [0.15, 0.2) is 53.4 Å². The summed E-state index contributed by atoms with van der Waals surface area (Å²) >= 11 is 0. The Morgan fingerprint density at radius 3 is 2.58 bits per heavy atom. The Labute approximate surface area is 180 Å². The molecule has 0 spiro atoms. The second kappa shape index (κ2) is 8.66. The van der Waals surface area contributed by atoms with Crippen molar-refractivity contribution in [1.82, 2.24) is 14.9 Å². The van der Waals surface area contributed by atoms with Gasteiger partial charge >= 0.3 is 0 Å². The summed E-state index contributed by atoms with van der Waals surface area (Å²) in [6.07, 6.45) is 0.659. The molecule has 9 heteroatoms. The van der Waals surface area contributed by atoms with Crippen LogP contribution in [0.4, 0.5) is 10.3 Å². The third kappa shape index (κ3) is 4.56. The van der Waals surface area contributed by atoms with Gasteiger partial charge in [-0.2, -0.15) is 0 Å². The number of hydrogen-bond donors (Lipinski definition) is 1. The fourth-order valence-corrected chi connectivity index (χ4v) is 5.15. The predicted octanol–water partition coefficient (Wildman–Crippen LogP) is 2.99. The van der Waals surface area contributed by atoms with Crippen molar-refractivity contribution >= 4 is 32.7 Å². The molecule has 4 rings (SSSR count). The number of carbonyl (C=O) groups is 1. The van der Waals surface area contributed by atoms with E-state index in [1.54, 1.807) is 4.90 Å². The van der Waals surface area contributed by atoms with E-state index in [0.717, 1.165) is 42.1 Å². The number of rotatable bonds is 5. The zero-order valence-electron chi connectivity index (χ0n) is 17.3. The number of imidazole rings is 1. The number of aromatic nitrogens is 2. The Bertz CT molecular complexity index is 1140. The molecule has 0 saturated carbocycles. The first-order valence-corrected chi connectivity index (χ1v) is 11.9. The molecule has 1 fully saturated rings. The standard InChI is InChI=1S/C22H25FN4O3S/c1-16(31(29,30)18-9-7-17(23)8-10-18)15-21(28)26-11-4-12-27(14-13-26)22-24-19-5-2-3-6-20(19)25-22/h2-3,5-10,16H,4,11-15H2,1H3,(H,24,25). The van der Waals surface area contributed by atoms with E-state index in [4.69, 9.17) is 0 Å². The highest BCUT2D eigenvalue weighted by atomic mass is 32.2. The van der Waals surface area contributed by atoms with Gasteiger partial charge in [-0.15, -0.1) is 0 Å². The fourth-order valence-electron chi connectivity index (χ4n) is 3.81. The number of halogens is 1. The number of amides is 1. The molecule has 1 aliphatic heterocycles. The third-order valence-electron chi connectivity index (χ3n) is 5.66. The van der Waals surface area contributed by atoms with Crippen molar-refractivity contribution in [2.75, 3.05) is 31.1 Å². The summed E-state index contributed by atoms with van der Waals surface area (Å²) in [5.74, 6) is 0.0913. The van der Waals surface area contributed by atoms with Crippen LogP contribution >= 0.6 is 0 Å². The lowest BCUT2D eigenvalue weighted by molar-refractivity contribution is -0.130. The number of carbonyl (C=O) groups excluding carboxylic acids is 1. The van der Waals surface area contributed by atoms with E-state index in [2.05, 4.69) is 14.9 Å². The molecule has 0 radical (unpaired) electrons. The van der Waals surface area contributed by atoms with Crippen LogP contribution in [0, 0.1) is 5.82 Å². The fraction of sp³-hybridized carbons (Fsp3) is 0.364. The summed E-state index contributed by atoms with van der Waals surface area (Å²) in [5.41, 5.74) is 1.86. The molecule has 1 saturated heterocycles. The van der Waals surface area contributed by atoms with Crippen molar-refractivity contribution in [3.8, 4) is 0 Å². The molecule has 1 amide bonds. The maximum absolute atomic E-state index is 13.1. The molecule has 1 unspecified atom stereocenters. The van der Waals surface area contributed by atoms with E-state index in [0.29, 0.717) is 19.6 Å². The lowest BCUT2D eigenvalue weighted by Gasteiger charge is -2.23. The lowest BCUT2D eigenvalue weighted by atomic mass is 10.3. The molecule has 1 N–H and O–H groups in total. The average Bonchev–Trinajstić information content (AvgIpc) is 3.03. The Morgan fingerprint density at radius 2 is 1.84 bits per heavy atom. The van der Waals surface area contributed by atoms with Gasteiger partial charge in [0.1, 0.15) is 5.82 Å². The van der Waals surface area contributed by atoms with Crippen LogP contribution in [0.1, 0.15) is 19.8 Å². The molecule has 2 heterocycles. The molecule has 1 aromatic heterocycles. The molecule has 0 bridgehead atoms. The van der Waals surface area contributed by atoms with Crippen LogP contribution in [0.5, 0.6) is 0 Å². The highest BCUT2D eigenvalue weighted by molar-refractivity contribution is 7.92. The molecule has 164 valence electrons. The molecule has 31 heavy (non-hydrogen) atoms. The van der Waals surface area contributed by atoms with E-state index in [1.807, 2.05) is 24.3 Å². The molecule has 1 aliphatic rings. The Balaban J connectivity index is 1.39. The van der Waals surface area contributed by atoms with Gasteiger partial charge in [0, 0.05) is 32.6 Å². The first-order valence-electron chi connectivity index (χ1n) is 10.3. The van der Waals surface area contributed by atoms with Gasteiger partial charge in [0.15, 0.2) is 9.84 Å². The number of nitrogens with zero attached hydrogens (tertiary/aromatic N) is 3. The van der Waals surface area contributed by atoms with Crippen LogP contribution < -0.4 is 4.90 Å². The number of benzene rings is 2. The summed E-state index contributed by atoms with van der Waals surface area (Å²) in [4.78, 5) is 24.7. The molecular formula is C22H25FN4O3S. The van der Waals surface area contributed by atoms with E-state index >= 15 is 0 Å². The quantitative estimate of drug-likeness (QED) is 0.612. The first kappa shape index (κ1) is 21.3. The monoisotopic (exact) mass is 444 g/mol. The van der Waals surface area contributed by atoms with Crippen LogP contribution in [-0.4, -0.2) is 60.6 Å². The molecule has 0 aliphatic carbocycles. The van der Waals surface area contributed by atoms with Crippen molar-refractivity contribution in [2.24, 2.45) is 0 Å². The van der Waals surface area contributed by atoms with Gasteiger partial charge in [-0.25, -0.2) is 17.8 Å². The maximum Gasteiger partial charge on any atom is 0.223 e. The summed E-state index contributed by atoms with van der Waals surface area (Å²) in [6, 6.07) is 12.5.